The van der Waals surface area contributed by atoms with Crippen LogP contribution in [-0.2, 0) is 6.42 Å². The first-order valence-corrected chi connectivity index (χ1v) is 7.55. The summed E-state index contributed by atoms with van der Waals surface area (Å²) in [4.78, 5) is 16.0. The number of amides is 1. The normalized spacial score (nSPS) is 10.8. The highest BCUT2D eigenvalue weighted by Crippen LogP contribution is 2.31. The average Bonchev–Trinajstić information content (AvgIpc) is 2.58. The Balaban J connectivity index is 2.10. The molecule has 0 bridgehead atoms. The van der Waals surface area contributed by atoms with E-state index in [2.05, 4.69) is 4.98 Å². The van der Waals surface area contributed by atoms with Gasteiger partial charge in [-0.15, -0.1) is 0 Å². The van der Waals surface area contributed by atoms with Gasteiger partial charge in [-0.1, -0.05) is 0 Å². The van der Waals surface area contributed by atoms with E-state index in [-0.39, 0.29) is 30.0 Å². The number of hydrogen-bond donors (Lipinski definition) is 3. The second-order valence-corrected chi connectivity index (χ2v) is 5.46. The lowest BCUT2D eigenvalue weighted by molar-refractivity contribution is 0.0999. The van der Waals surface area contributed by atoms with E-state index < -0.39 is 11.7 Å². The number of nitrogen functional groups attached to an aromatic ring is 1. The smallest absolute Gasteiger partial charge is 0.249 e. The van der Waals surface area contributed by atoms with Gasteiger partial charge in [0.25, 0.3) is 0 Å². The van der Waals surface area contributed by atoms with E-state index in [1.807, 2.05) is 0 Å². The van der Waals surface area contributed by atoms with Crippen LogP contribution in [0.2, 0.25) is 0 Å². The standard InChI is InChI=1S/C18H16FN3O3/c19-14-8-11(1-2-15(14)20)25-17-3-5-22-16-7-10(4-6-23)12(18(21)24)9-13(16)17/h1-3,5,7-9,23H,4,6,20H2,(H2,21,24). The van der Waals surface area contributed by atoms with Gasteiger partial charge in [0.05, 0.1) is 11.2 Å². The number of hydrogen-bond acceptors (Lipinski definition) is 5. The third-order valence-electron chi connectivity index (χ3n) is 3.77. The maximum Gasteiger partial charge on any atom is 0.249 e. The largest absolute Gasteiger partial charge is 0.456 e. The Morgan fingerprint density at radius 2 is 2.04 bits per heavy atom. The van der Waals surface area contributed by atoms with Crippen molar-refractivity contribution in [1.29, 1.82) is 0 Å². The first-order chi connectivity index (χ1) is 12.0. The maximum atomic E-state index is 13.6. The first-order valence-electron chi connectivity index (χ1n) is 7.55. The van der Waals surface area contributed by atoms with Crippen LogP contribution < -0.4 is 16.2 Å². The predicted octanol–water partition coefficient (Wildman–Crippen LogP) is 2.38. The lowest BCUT2D eigenvalue weighted by Crippen LogP contribution is -2.14. The van der Waals surface area contributed by atoms with E-state index in [0.29, 0.717) is 22.2 Å². The molecular weight excluding hydrogens is 325 g/mol. The molecule has 1 aromatic heterocycles. The minimum Gasteiger partial charge on any atom is -0.456 e. The molecule has 2 aromatic carbocycles. The number of aromatic nitrogens is 1. The molecule has 3 rings (SSSR count). The zero-order valence-corrected chi connectivity index (χ0v) is 13.2. The molecule has 0 fully saturated rings. The molecule has 0 aliphatic carbocycles. The van der Waals surface area contributed by atoms with E-state index in [1.165, 1.54) is 18.3 Å². The number of pyridine rings is 1. The van der Waals surface area contributed by atoms with Crippen LogP contribution in [0, 0.1) is 5.82 Å². The van der Waals surface area contributed by atoms with E-state index in [1.54, 1.807) is 24.3 Å². The molecule has 1 amide bonds. The highest BCUT2D eigenvalue weighted by atomic mass is 19.1. The molecule has 0 atom stereocenters. The number of nitrogens with two attached hydrogens (primary N) is 2. The summed E-state index contributed by atoms with van der Waals surface area (Å²) in [6, 6.07) is 8.98. The summed E-state index contributed by atoms with van der Waals surface area (Å²) >= 11 is 0. The van der Waals surface area contributed by atoms with Gasteiger partial charge in [-0.25, -0.2) is 4.39 Å². The van der Waals surface area contributed by atoms with Crippen molar-refractivity contribution in [3.05, 3.63) is 59.5 Å². The summed E-state index contributed by atoms with van der Waals surface area (Å²) < 4.78 is 19.3. The topological polar surface area (TPSA) is 111 Å². The zero-order chi connectivity index (χ0) is 18.0. The van der Waals surface area contributed by atoms with E-state index in [9.17, 15) is 9.18 Å². The van der Waals surface area contributed by atoms with Crippen molar-refractivity contribution in [3.8, 4) is 11.5 Å². The molecule has 0 unspecified atom stereocenters. The van der Waals surface area contributed by atoms with Crippen LogP contribution in [0.3, 0.4) is 0 Å². The molecule has 0 aliphatic rings. The molecule has 1 heterocycles. The van der Waals surface area contributed by atoms with E-state index >= 15 is 0 Å². The van der Waals surface area contributed by atoms with Crippen molar-refractivity contribution in [2.75, 3.05) is 12.3 Å². The Morgan fingerprint density at radius 1 is 1.24 bits per heavy atom. The van der Waals surface area contributed by atoms with Crippen molar-refractivity contribution in [3.63, 3.8) is 0 Å². The van der Waals surface area contributed by atoms with Crippen LogP contribution in [0.15, 0.2) is 42.6 Å². The minimum absolute atomic E-state index is 0.0246. The molecule has 0 radical (unpaired) electrons. The summed E-state index contributed by atoms with van der Waals surface area (Å²) in [6.45, 7) is -0.118. The highest BCUT2D eigenvalue weighted by Gasteiger charge is 2.14. The lowest BCUT2D eigenvalue weighted by Gasteiger charge is -2.12. The minimum atomic E-state index is -0.612. The van der Waals surface area contributed by atoms with Gasteiger partial charge in [0.2, 0.25) is 5.91 Å². The molecule has 0 aliphatic heterocycles. The van der Waals surface area contributed by atoms with Crippen LogP contribution in [0.4, 0.5) is 10.1 Å². The molecule has 7 heteroatoms. The number of carbonyl (C=O) groups is 1. The number of rotatable bonds is 5. The molecule has 0 saturated heterocycles. The summed E-state index contributed by atoms with van der Waals surface area (Å²) in [6.07, 6.45) is 1.82. The van der Waals surface area contributed by atoms with Crippen molar-refractivity contribution >= 4 is 22.5 Å². The number of halogens is 1. The fourth-order valence-electron chi connectivity index (χ4n) is 2.55. The Kier molecular flexibility index (Phi) is 4.49. The Bertz CT molecular complexity index is 960. The molecule has 128 valence electrons. The quantitative estimate of drug-likeness (QED) is 0.617. The first kappa shape index (κ1) is 16.7. The van der Waals surface area contributed by atoms with Gasteiger partial charge in [-0.05, 0) is 42.3 Å². The summed E-state index contributed by atoms with van der Waals surface area (Å²) in [5.41, 5.74) is 12.4. The molecular formula is C18H16FN3O3. The predicted molar refractivity (Wildman–Crippen MR) is 91.9 cm³/mol. The number of fused-ring (bicyclic) bond motifs is 1. The molecule has 5 N–H and O–H groups in total. The second kappa shape index (κ2) is 6.74. The van der Waals surface area contributed by atoms with Crippen LogP contribution >= 0.6 is 0 Å². The summed E-state index contributed by atoms with van der Waals surface area (Å²) in [5.74, 6) is -0.538. The highest BCUT2D eigenvalue weighted by molar-refractivity contribution is 6.00. The van der Waals surface area contributed by atoms with E-state index in [0.717, 1.165) is 0 Å². The summed E-state index contributed by atoms with van der Waals surface area (Å²) in [5, 5.41) is 9.70. The molecule has 6 nitrogen and oxygen atoms in total. The van der Waals surface area contributed by atoms with Crippen molar-refractivity contribution in [2.24, 2.45) is 5.73 Å². The third-order valence-corrected chi connectivity index (χ3v) is 3.77. The maximum absolute atomic E-state index is 13.6. The average molecular weight is 341 g/mol. The van der Waals surface area contributed by atoms with Gasteiger partial charge in [0.15, 0.2) is 0 Å². The van der Waals surface area contributed by atoms with Crippen molar-refractivity contribution in [2.45, 2.75) is 6.42 Å². The van der Waals surface area contributed by atoms with Crippen LogP contribution in [0.25, 0.3) is 10.9 Å². The number of nitrogens with zero attached hydrogens (tertiary/aromatic N) is 1. The second-order valence-electron chi connectivity index (χ2n) is 5.46. The van der Waals surface area contributed by atoms with Crippen LogP contribution in [-0.4, -0.2) is 22.6 Å². The van der Waals surface area contributed by atoms with Crippen molar-refractivity contribution in [1.82, 2.24) is 4.98 Å². The molecule has 0 spiro atoms. The monoisotopic (exact) mass is 341 g/mol. The number of aliphatic hydroxyl groups excluding tert-OH is 1. The molecule has 3 aromatic rings. The van der Waals surface area contributed by atoms with Crippen molar-refractivity contribution < 1.29 is 19.0 Å². The fraction of sp³-hybridized carbons (Fsp3) is 0.111. The number of aliphatic hydroxyl groups is 1. The Labute approximate surface area is 142 Å². The lowest BCUT2D eigenvalue weighted by atomic mass is 10.0. The number of carbonyl (C=O) groups excluding carboxylic acids is 1. The SMILES string of the molecule is NC(=O)c1cc2c(Oc3ccc(N)c(F)c3)ccnc2cc1CCO. The van der Waals surface area contributed by atoms with Gasteiger partial charge in [0, 0.05) is 29.8 Å². The van der Waals surface area contributed by atoms with E-state index in [4.69, 9.17) is 21.3 Å². The van der Waals surface area contributed by atoms with Gasteiger partial charge < -0.3 is 21.3 Å². The number of ether oxygens (including phenoxy) is 1. The van der Waals surface area contributed by atoms with Gasteiger partial charge in [0.1, 0.15) is 17.3 Å². The van der Waals surface area contributed by atoms with Crippen LogP contribution in [0.5, 0.6) is 11.5 Å². The fourth-order valence-corrected chi connectivity index (χ4v) is 2.55. The zero-order valence-electron chi connectivity index (χ0n) is 13.2. The van der Waals surface area contributed by atoms with Gasteiger partial charge in [-0.2, -0.15) is 0 Å². The number of anilines is 1. The Hall–Kier alpha value is -3.19. The van der Waals surface area contributed by atoms with Crippen LogP contribution in [0.1, 0.15) is 15.9 Å². The molecule has 0 saturated carbocycles. The Morgan fingerprint density at radius 3 is 2.72 bits per heavy atom. The van der Waals surface area contributed by atoms with Gasteiger partial charge in [-0.3, -0.25) is 9.78 Å². The summed E-state index contributed by atoms with van der Waals surface area (Å²) in [7, 11) is 0. The number of primary amides is 1. The number of benzene rings is 2. The molecule has 25 heavy (non-hydrogen) atoms. The van der Waals surface area contributed by atoms with Gasteiger partial charge >= 0.3 is 0 Å². The third kappa shape index (κ3) is 3.36.